The summed E-state index contributed by atoms with van der Waals surface area (Å²) in [7, 11) is -1.23. The third kappa shape index (κ3) is 5.90. The van der Waals surface area contributed by atoms with Gasteiger partial charge in [-0.2, -0.15) is 5.01 Å². The molecule has 1 unspecified atom stereocenters. The number of nitrogens with one attached hydrogen (secondary N) is 1. The number of amides is 2. The minimum absolute atomic E-state index is 0.0125. The van der Waals surface area contributed by atoms with Crippen molar-refractivity contribution in [2.45, 2.75) is 56.7 Å². The molecule has 0 aromatic heterocycles. The second-order valence-corrected chi connectivity index (χ2v) is 8.50. The van der Waals surface area contributed by atoms with E-state index in [-0.39, 0.29) is 18.5 Å². The average Bonchev–Trinajstić information content (AvgIpc) is 2.46. The van der Waals surface area contributed by atoms with Gasteiger partial charge < -0.3 is 5.32 Å². The Morgan fingerprint density at radius 1 is 1.38 bits per heavy atom. The fraction of sp³-hybridized carbons (Fsp3) is 0.923. The molecule has 0 heterocycles. The van der Waals surface area contributed by atoms with Crippen molar-refractivity contribution in [2.75, 3.05) is 18.2 Å². The summed E-state index contributed by atoms with van der Waals surface area (Å²) in [6.45, 7) is 3.49. The smallest absolute Gasteiger partial charge is 0.334 e. The third-order valence-electron chi connectivity index (χ3n) is 3.68. The summed E-state index contributed by atoms with van der Waals surface area (Å²) in [6.07, 6.45) is 5.22. The van der Waals surface area contributed by atoms with E-state index in [1.54, 1.807) is 13.8 Å². The Hall–Kier alpha value is -0.690. The number of urea groups is 1. The van der Waals surface area contributed by atoms with E-state index in [0.29, 0.717) is 5.75 Å². The number of halogens is 1. The first-order valence-corrected chi connectivity index (χ1v) is 9.12. The van der Waals surface area contributed by atoms with Gasteiger partial charge in [0.1, 0.15) is 0 Å². The first-order valence-electron chi connectivity index (χ1n) is 7.26. The van der Waals surface area contributed by atoms with Gasteiger partial charge in [-0.3, -0.25) is 4.21 Å². The molecule has 2 amide bonds. The molecule has 1 aliphatic rings. The lowest BCUT2D eigenvalue weighted by molar-refractivity contribution is 0.187. The minimum atomic E-state index is -1.23. The van der Waals surface area contributed by atoms with Crippen LogP contribution >= 0.6 is 11.6 Å². The average molecular weight is 338 g/mol. The van der Waals surface area contributed by atoms with Gasteiger partial charge in [-0.05, 0) is 26.7 Å². The Morgan fingerprint density at radius 3 is 2.52 bits per heavy atom. The molecule has 0 aromatic rings. The van der Waals surface area contributed by atoms with Crippen molar-refractivity contribution in [3.63, 3.8) is 0 Å². The highest BCUT2D eigenvalue weighted by Gasteiger charge is 2.32. The van der Waals surface area contributed by atoms with Crippen LogP contribution in [-0.2, 0) is 10.8 Å². The zero-order valence-electron chi connectivity index (χ0n) is 12.6. The normalized spacial score (nSPS) is 18.0. The molecule has 21 heavy (non-hydrogen) atoms. The van der Waals surface area contributed by atoms with Crippen LogP contribution in [0.25, 0.3) is 0 Å². The van der Waals surface area contributed by atoms with Crippen molar-refractivity contribution in [1.82, 2.24) is 10.3 Å². The molecular weight excluding hydrogens is 314 g/mol. The summed E-state index contributed by atoms with van der Waals surface area (Å²) >= 11 is 5.59. The van der Waals surface area contributed by atoms with Crippen molar-refractivity contribution in [2.24, 2.45) is 5.29 Å². The quantitative estimate of drug-likeness (QED) is 0.440. The molecule has 1 aliphatic carbocycles. The van der Waals surface area contributed by atoms with Crippen LogP contribution < -0.4 is 5.32 Å². The Balaban J connectivity index is 2.58. The second kappa shape index (κ2) is 8.68. The van der Waals surface area contributed by atoms with Crippen LogP contribution in [0.1, 0.15) is 46.0 Å². The number of hydrogen-bond donors (Lipinski definition) is 1. The Bertz CT molecular complexity index is 387. The molecule has 1 atom stereocenters. The minimum Gasteiger partial charge on any atom is -0.334 e. The fourth-order valence-corrected chi connectivity index (χ4v) is 3.79. The van der Waals surface area contributed by atoms with Gasteiger partial charge in [0.25, 0.3) is 0 Å². The lowest BCUT2D eigenvalue weighted by atomic mass is 9.96. The molecule has 0 aliphatic heterocycles. The number of rotatable bonds is 7. The van der Waals surface area contributed by atoms with Crippen LogP contribution in [0.2, 0.25) is 0 Å². The molecule has 0 aromatic carbocycles. The van der Waals surface area contributed by atoms with Gasteiger partial charge in [-0.1, -0.05) is 19.3 Å². The molecule has 1 rings (SSSR count). The van der Waals surface area contributed by atoms with E-state index in [0.717, 1.165) is 30.7 Å². The molecule has 0 saturated heterocycles. The van der Waals surface area contributed by atoms with Crippen LogP contribution in [0.15, 0.2) is 5.29 Å². The van der Waals surface area contributed by atoms with Gasteiger partial charge in [0.05, 0.1) is 16.6 Å². The van der Waals surface area contributed by atoms with E-state index in [1.165, 1.54) is 6.42 Å². The monoisotopic (exact) mass is 337 g/mol. The molecule has 1 fully saturated rings. The zero-order valence-corrected chi connectivity index (χ0v) is 14.2. The van der Waals surface area contributed by atoms with E-state index in [4.69, 9.17) is 11.6 Å². The predicted octanol–water partition coefficient (Wildman–Crippen LogP) is 2.78. The van der Waals surface area contributed by atoms with E-state index in [9.17, 15) is 13.9 Å². The lowest BCUT2D eigenvalue weighted by Gasteiger charge is -2.29. The number of nitroso groups, excluding NO2 is 1. The van der Waals surface area contributed by atoms with E-state index in [1.807, 2.05) is 0 Å². The summed E-state index contributed by atoms with van der Waals surface area (Å²) in [5.41, 5.74) is 0. The largest absolute Gasteiger partial charge is 0.340 e. The maximum atomic E-state index is 12.1. The van der Waals surface area contributed by atoms with Gasteiger partial charge in [-0.25, -0.2) is 4.79 Å². The Morgan fingerprint density at radius 2 is 2.00 bits per heavy atom. The maximum absolute atomic E-state index is 12.1. The molecular formula is C13H24ClN3O3S. The van der Waals surface area contributed by atoms with Crippen molar-refractivity contribution in [3.05, 3.63) is 4.91 Å². The van der Waals surface area contributed by atoms with Crippen molar-refractivity contribution >= 4 is 28.4 Å². The van der Waals surface area contributed by atoms with E-state index >= 15 is 0 Å². The SMILES string of the molecule is CC(C)(CN(N=O)C(=O)NC1CCCCC1)S(=O)CCCl. The number of hydrogen-bond acceptors (Lipinski definition) is 4. The molecule has 1 N–H and O–H groups in total. The number of carbonyl (C=O) groups excluding carboxylic acids is 1. The highest BCUT2D eigenvalue weighted by molar-refractivity contribution is 7.86. The molecule has 0 bridgehead atoms. The van der Waals surface area contributed by atoms with E-state index < -0.39 is 21.6 Å². The highest BCUT2D eigenvalue weighted by atomic mass is 35.5. The highest BCUT2D eigenvalue weighted by Crippen LogP contribution is 2.19. The molecule has 0 radical (unpaired) electrons. The Labute approximate surface area is 133 Å². The van der Waals surface area contributed by atoms with Crippen LogP contribution in [-0.4, -0.2) is 44.2 Å². The first kappa shape index (κ1) is 18.4. The molecule has 0 spiro atoms. The number of alkyl halides is 1. The topological polar surface area (TPSA) is 78.8 Å². The summed E-state index contributed by atoms with van der Waals surface area (Å²) < 4.78 is 11.3. The van der Waals surface area contributed by atoms with Gasteiger partial charge in [-0.15, -0.1) is 16.5 Å². The fourth-order valence-electron chi connectivity index (χ4n) is 2.41. The summed E-state index contributed by atoms with van der Waals surface area (Å²) in [4.78, 5) is 23.0. The van der Waals surface area contributed by atoms with Crippen LogP contribution in [0.5, 0.6) is 0 Å². The molecule has 122 valence electrons. The van der Waals surface area contributed by atoms with Crippen LogP contribution in [0.4, 0.5) is 4.79 Å². The first-order chi connectivity index (χ1) is 9.90. The zero-order chi connectivity index (χ0) is 15.9. The second-order valence-electron chi connectivity index (χ2n) is 5.92. The summed E-state index contributed by atoms with van der Waals surface area (Å²) in [5, 5.41) is 6.45. The van der Waals surface area contributed by atoms with Gasteiger partial charge in [0, 0.05) is 28.5 Å². The van der Waals surface area contributed by atoms with Crippen LogP contribution in [0.3, 0.4) is 0 Å². The van der Waals surface area contributed by atoms with Crippen molar-refractivity contribution in [3.8, 4) is 0 Å². The van der Waals surface area contributed by atoms with Gasteiger partial charge >= 0.3 is 6.03 Å². The summed E-state index contributed by atoms with van der Waals surface area (Å²) in [6, 6.07) is -0.403. The predicted molar refractivity (Wildman–Crippen MR) is 85.7 cm³/mol. The Kier molecular flexibility index (Phi) is 7.59. The lowest BCUT2D eigenvalue weighted by Crippen LogP contribution is -2.49. The number of nitrogens with zero attached hydrogens (tertiary/aromatic N) is 2. The number of carbonyl (C=O) groups is 1. The maximum Gasteiger partial charge on any atom is 0.340 e. The van der Waals surface area contributed by atoms with Crippen LogP contribution in [0, 0.1) is 4.91 Å². The van der Waals surface area contributed by atoms with Crippen molar-refractivity contribution < 1.29 is 9.00 Å². The summed E-state index contributed by atoms with van der Waals surface area (Å²) in [5.74, 6) is 0.602. The molecule has 1 saturated carbocycles. The third-order valence-corrected chi connectivity index (χ3v) is 6.02. The van der Waals surface area contributed by atoms with Gasteiger partial charge in [0.2, 0.25) is 0 Å². The standard InChI is InChI=1S/C13H24ClN3O3S/c1-13(2,21(20)9-8-14)10-17(16-19)12(18)15-11-6-4-3-5-7-11/h11H,3-10H2,1-2H3,(H,15,18). The molecule has 6 nitrogen and oxygen atoms in total. The van der Waals surface area contributed by atoms with Gasteiger partial charge in [0.15, 0.2) is 0 Å². The van der Waals surface area contributed by atoms with Crippen molar-refractivity contribution in [1.29, 1.82) is 0 Å². The van der Waals surface area contributed by atoms with E-state index in [2.05, 4.69) is 10.6 Å². The molecule has 8 heteroatoms.